The molecule has 27 heavy (non-hydrogen) atoms. The number of ether oxygens (including phenoxy) is 2. The zero-order valence-corrected chi connectivity index (χ0v) is 17.2. The molecular formula is C22H29NO3S. The number of carbonyl (C=O) groups excluding carboxylic acids is 1. The average Bonchev–Trinajstić information content (AvgIpc) is 2.66. The topological polar surface area (TPSA) is 47.6 Å². The molecule has 0 heterocycles. The van der Waals surface area contributed by atoms with E-state index in [0.717, 1.165) is 30.1 Å². The molecule has 0 aromatic heterocycles. The summed E-state index contributed by atoms with van der Waals surface area (Å²) in [7, 11) is 1.66. The summed E-state index contributed by atoms with van der Waals surface area (Å²) >= 11 is 1.62. The van der Waals surface area contributed by atoms with E-state index in [1.165, 1.54) is 11.1 Å². The smallest absolute Gasteiger partial charge is 0.230 e. The largest absolute Gasteiger partial charge is 0.497 e. The molecule has 146 valence electrons. The van der Waals surface area contributed by atoms with Crippen molar-refractivity contribution in [2.75, 3.05) is 19.4 Å². The van der Waals surface area contributed by atoms with E-state index in [-0.39, 0.29) is 12.0 Å². The Hall–Kier alpha value is -2.14. The van der Waals surface area contributed by atoms with Crippen LogP contribution in [-0.2, 0) is 17.0 Å². The molecular weight excluding hydrogens is 358 g/mol. The highest BCUT2D eigenvalue weighted by Crippen LogP contribution is 2.17. The van der Waals surface area contributed by atoms with Crippen molar-refractivity contribution in [1.29, 1.82) is 0 Å². The Kier molecular flexibility index (Phi) is 9.05. The fourth-order valence-electron chi connectivity index (χ4n) is 2.56. The van der Waals surface area contributed by atoms with Gasteiger partial charge in [0.05, 0.1) is 19.0 Å². The quantitative estimate of drug-likeness (QED) is 0.578. The van der Waals surface area contributed by atoms with Crippen LogP contribution >= 0.6 is 11.8 Å². The van der Waals surface area contributed by atoms with Gasteiger partial charge in [-0.1, -0.05) is 24.3 Å². The van der Waals surface area contributed by atoms with Gasteiger partial charge in [0.2, 0.25) is 5.91 Å². The molecule has 0 saturated carbocycles. The fraction of sp³-hybridized carbons (Fsp3) is 0.409. The highest BCUT2D eigenvalue weighted by atomic mass is 32.2. The number of thioether (sulfide) groups is 1. The predicted octanol–water partition coefficient (Wildman–Crippen LogP) is 4.46. The van der Waals surface area contributed by atoms with Gasteiger partial charge in [-0.25, -0.2) is 0 Å². The second kappa shape index (κ2) is 11.5. The number of carbonyl (C=O) groups is 1. The lowest BCUT2D eigenvalue weighted by Gasteiger charge is -2.10. The van der Waals surface area contributed by atoms with Crippen LogP contribution in [0.25, 0.3) is 0 Å². The Morgan fingerprint density at radius 3 is 2.26 bits per heavy atom. The predicted molar refractivity (Wildman–Crippen MR) is 113 cm³/mol. The first-order chi connectivity index (χ1) is 13.1. The van der Waals surface area contributed by atoms with Crippen molar-refractivity contribution in [2.24, 2.45) is 0 Å². The van der Waals surface area contributed by atoms with E-state index < -0.39 is 0 Å². The first kappa shape index (κ1) is 21.2. The number of aryl methyl sites for hydroxylation is 1. The van der Waals surface area contributed by atoms with E-state index in [9.17, 15) is 4.79 Å². The molecule has 0 aliphatic heterocycles. The highest BCUT2D eigenvalue weighted by Gasteiger charge is 2.03. The van der Waals surface area contributed by atoms with Crippen molar-refractivity contribution >= 4 is 17.7 Å². The van der Waals surface area contributed by atoms with Crippen molar-refractivity contribution in [3.8, 4) is 11.5 Å². The van der Waals surface area contributed by atoms with Crippen molar-refractivity contribution in [1.82, 2.24) is 5.32 Å². The highest BCUT2D eigenvalue weighted by molar-refractivity contribution is 7.99. The summed E-state index contributed by atoms with van der Waals surface area (Å²) in [6.07, 6.45) is 2.06. The molecule has 0 fully saturated rings. The molecule has 0 aliphatic rings. The Balaban J connectivity index is 1.57. The van der Waals surface area contributed by atoms with Gasteiger partial charge in [0.1, 0.15) is 11.5 Å². The normalized spacial score (nSPS) is 10.7. The lowest BCUT2D eigenvalue weighted by Crippen LogP contribution is -2.26. The maximum absolute atomic E-state index is 11.9. The lowest BCUT2D eigenvalue weighted by atomic mass is 10.1. The molecule has 1 amide bonds. The van der Waals surface area contributed by atoms with Crippen LogP contribution in [0.5, 0.6) is 11.5 Å². The van der Waals surface area contributed by atoms with E-state index in [0.29, 0.717) is 12.3 Å². The summed E-state index contributed by atoms with van der Waals surface area (Å²) < 4.78 is 10.8. The van der Waals surface area contributed by atoms with E-state index in [4.69, 9.17) is 9.47 Å². The molecule has 0 aliphatic carbocycles. The first-order valence-electron chi connectivity index (χ1n) is 9.30. The minimum absolute atomic E-state index is 0.0918. The number of nitrogens with one attached hydrogen (secondary N) is 1. The minimum atomic E-state index is 0.0918. The van der Waals surface area contributed by atoms with Crippen molar-refractivity contribution in [3.63, 3.8) is 0 Å². The summed E-state index contributed by atoms with van der Waals surface area (Å²) in [4.78, 5) is 11.9. The van der Waals surface area contributed by atoms with Crippen LogP contribution < -0.4 is 14.8 Å². The van der Waals surface area contributed by atoms with Crippen molar-refractivity contribution in [2.45, 2.75) is 38.5 Å². The van der Waals surface area contributed by atoms with Crippen molar-refractivity contribution in [3.05, 3.63) is 59.7 Å². The molecule has 4 nitrogen and oxygen atoms in total. The third-order valence-electron chi connectivity index (χ3n) is 3.92. The molecule has 0 bridgehead atoms. The monoisotopic (exact) mass is 387 g/mol. The Bertz CT molecular complexity index is 684. The van der Waals surface area contributed by atoms with E-state index in [1.54, 1.807) is 18.9 Å². The van der Waals surface area contributed by atoms with Crippen LogP contribution in [0.15, 0.2) is 48.5 Å². The number of rotatable bonds is 11. The van der Waals surface area contributed by atoms with Crippen LogP contribution in [0.3, 0.4) is 0 Å². The SMILES string of the molecule is COc1ccc(CSCC(=O)NCCCc2ccc(OC(C)C)cc2)cc1. The molecule has 1 N–H and O–H groups in total. The van der Waals surface area contributed by atoms with E-state index >= 15 is 0 Å². The summed E-state index contributed by atoms with van der Waals surface area (Å²) in [5.74, 6) is 3.14. The molecule has 0 unspecified atom stereocenters. The fourth-order valence-corrected chi connectivity index (χ4v) is 3.38. The van der Waals surface area contributed by atoms with Crippen LogP contribution in [0, 0.1) is 0 Å². The minimum Gasteiger partial charge on any atom is -0.497 e. The van der Waals surface area contributed by atoms with Gasteiger partial charge in [-0.05, 0) is 62.1 Å². The molecule has 2 aromatic rings. The molecule has 0 radical (unpaired) electrons. The maximum atomic E-state index is 11.9. The second-order valence-electron chi connectivity index (χ2n) is 6.60. The third kappa shape index (κ3) is 8.39. The second-order valence-corrected chi connectivity index (χ2v) is 7.59. The summed E-state index contributed by atoms with van der Waals surface area (Å²) in [5.41, 5.74) is 2.45. The Morgan fingerprint density at radius 2 is 1.63 bits per heavy atom. The van der Waals surface area contributed by atoms with Crippen LogP contribution in [0.1, 0.15) is 31.4 Å². The van der Waals surface area contributed by atoms with E-state index in [2.05, 4.69) is 17.4 Å². The maximum Gasteiger partial charge on any atom is 0.230 e. The van der Waals surface area contributed by atoms with Crippen LogP contribution in [0.2, 0.25) is 0 Å². The first-order valence-corrected chi connectivity index (χ1v) is 10.5. The van der Waals surface area contributed by atoms with E-state index in [1.807, 2.05) is 50.2 Å². The lowest BCUT2D eigenvalue weighted by molar-refractivity contribution is -0.118. The third-order valence-corrected chi connectivity index (χ3v) is 4.92. The zero-order chi connectivity index (χ0) is 19.5. The number of hydrogen-bond acceptors (Lipinski definition) is 4. The Labute approximate surface area is 166 Å². The summed E-state index contributed by atoms with van der Waals surface area (Å²) in [6.45, 7) is 4.74. The molecule has 0 atom stereocenters. The average molecular weight is 388 g/mol. The number of amides is 1. The van der Waals surface area contributed by atoms with Gasteiger partial charge in [0.25, 0.3) is 0 Å². The standard InChI is InChI=1S/C22H29NO3S/c1-17(2)26-21-12-6-18(7-13-21)5-4-14-23-22(24)16-27-15-19-8-10-20(25-3)11-9-19/h6-13,17H,4-5,14-16H2,1-3H3,(H,23,24). The Morgan fingerprint density at radius 1 is 1.00 bits per heavy atom. The summed E-state index contributed by atoms with van der Waals surface area (Å²) in [6, 6.07) is 16.1. The van der Waals surface area contributed by atoms with Crippen LogP contribution in [-0.4, -0.2) is 31.4 Å². The van der Waals surface area contributed by atoms with Gasteiger partial charge in [0, 0.05) is 12.3 Å². The molecule has 0 spiro atoms. The van der Waals surface area contributed by atoms with Gasteiger partial charge in [0.15, 0.2) is 0 Å². The number of hydrogen-bond donors (Lipinski definition) is 1. The van der Waals surface area contributed by atoms with Crippen LogP contribution in [0.4, 0.5) is 0 Å². The van der Waals surface area contributed by atoms with Gasteiger partial charge in [-0.2, -0.15) is 0 Å². The number of benzene rings is 2. The van der Waals surface area contributed by atoms with Gasteiger partial charge < -0.3 is 14.8 Å². The zero-order valence-electron chi connectivity index (χ0n) is 16.4. The molecule has 2 aromatic carbocycles. The van der Waals surface area contributed by atoms with Crippen molar-refractivity contribution < 1.29 is 14.3 Å². The van der Waals surface area contributed by atoms with Gasteiger partial charge in [-0.3, -0.25) is 4.79 Å². The molecule has 0 saturated heterocycles. The molecule has 2 rings (SSSR count). The number of methoxy groups -OCH3 is 1. The molecule has 5 heteroatoms. The van der Waals surface area contributed by atoms with Gasteiger partial charge in [-0.15, -0.1) is 11.8 Å². The summed E-state index contributed by atoms with van der Waals surface area (Å²) in [5, 5.41) is 2.99. The van der Waals surface area contributed by atoms with Gasteiger partial charge >= 0.3 is 0 Å².